The number of nitrogens with zero attached hydrogens (tertiary/aromatic N) is 4. The van der Waals surface area contributed by atoms with Gasteiger partial charge in [-0.1, -0.05) is 6.92 Å². The van der Waals surface area contributed by atoms with Gasteiger partial charge in [0.05, 0.1) is 0 Å². The maximum atomic E-state index is 4.56. The zero-order chi connectivity index (χ0) is 15.2. The van der Waals surface area contributed by atoms with Gasteiger partial charge in [0.25, 0.3) is 0 Å². The van der Waals surface area contributed by atoms with Gasteiger partial charge in [-0.3, -0.25) is 4.90 Å². The van der Waals surface area contributed by atoms with Crippen LogP contribution in [0.4, 0.5) is 0 Å². The number of hydrogen-bond donors (Lipinski definition) is 1. The van der Waals surface area contributed by atoms with Crippen LogP contribution in [0.5, 0.6) is 0 Å². The second-order valence-electron chi connectivity index (χ2n) is 6.20. The molecule has 120 valence electrons. The number of likely N-dealkylation sites (N-methyl/N-ethyl adjacent to an activating group) is 2. The van der Waals surface area contributed by atoms with E-state index in [1.54, 1.807) is 0 Å². The second-order valence-corrected chi connectivity index (χ2v) is 6.20. The topological polar surface area (TPSA) is 36.3 Å². The Kier molecular flexibility index (Phi) is 6.21. The van der Waals surface area contributed by atoms with Crippen molar-refractivity contribution >= 4 is 0 Å². The molecule has 2 atom stereocenters. The number of nitrogens with one attached hydrogen (secondary N) is 1. The monoisotopic (exact) mass is 293 g/mol. The number of aryl methyl sites for hydroxylation is 1. The SMILES string of the molecule is CCCNC(Cc1nccn1CC)C1CN(C)CCN1C. The maximum absolute atomic E-state index is 4.56. The Morgan fingerprint density at radius 1 is 1.33 bits per heavy atom. The summed E-state index contributed by atoms with van der Waals surface area (Å²) < 4.78 is 2.26. The lowest BCUT2D eigenvalue weighted by Crippen LogP contribution is -2.59. The van der Waals surface area contributed by atoms with Gasteiger partial charge in [-0.15, -0.1) is 0 Å². The van der Waals surface area contributed by atoms with Crippen LogP contribution >= 0.6 is 0 Å². The van der Waals surface area contributed by atoms with Crippen LogP contribution in [-0.4, -0.2) is 71.7 Å². The fourth-order valence-electron chi connectivity index (χ4n) is 3.17. The van der Waals surface area contributed by atoms with Crippen molar-refractivity contribution in [2.24, 2.45) is 0 Å². The van der Waals surface area contributed by atoms with Crippen molar-refractivity contribution in [3.8, 4) is 0 Å². The molecule has 1 saturated heterocycles. The summed E-state index contributed by atoms with van der Waals surface area (Å²) in [5.41, 5.74) is 0. The van der Waals surface area contributed by atoms with Crippen LogP contribution in [0.3, 0.4) is 0 Å². The van der Waals surface area contributed by atoms with Crippen molar-refractivity contribution in [1.82, 2.24) is 24.7 Å². The van der Waals surface area contributed by atoms with E-state index in [1.807, 2.05) is 6.20 Å². The lowest BCUT2D eigenvalue weighted by molar-refractivity contribution is 0.0869. The first-order chi connectivity index (χ1) is 10.2. The van der Waals surface area contributed by atoms with Gasteiger partial charge in [-0.2, -0.15) is 0 Å². The smallest absolute Gasteiger partial charge is 0.110 e. The molecule has 0 bridgehead atoms. The first-order valence-electron chi connectivity index (χ1n) is 8.27. The standard InChI is InChI=1S/C16H31N5/c1-5-7-17-14(12-16-18-8-9-21(16)6-2)15-13-19(3)10-11-20(15)4/h8-9,14-15,17H,5-7,10-13H2,1-4H3. The molecule has 21 heavy (non-hydrogen) atoms. The van der Waals surface area contributed by atoms with Crippen LogP contribution in [0.25, 0.3) is 0 Å². The molecule has 2 heterocycles. The molecule has 2 rings (SSSR count). The molecule has 5 nitrogen and oxygen atoms in total. The molecular weight excluding hydrogens is 262 g/mol. The Balaban J connectivity index is 2.09. The summed E-state index contributed by atoms with van der Waals surface area (Å²) in [6.07, 6.45) is 6.18. The van der Waals surface area contributed by atoms with Crippen molar-refractivity contribution in [1.29, 1.82) is 0 Å². The van der Waals surface area contributed by atoms with Gasteiger partial charge in [-0.25, -0.2) is 4.98 Å². The summed E-state index contributed by atoms with van der Waals surface area (Å²) >= 11 is 0. The molecule has 1 aliphatic rings. The van der Waals surface area contributed by atoms with Crippen LogP contribution in [0.15, 0.2) is 12.4 Å². The summed E-state index contributed by atoms with van der Waals surface area (Å²) in [6, 6.07) is 1.02. The molecule has 0 aliphatic carbocycles. The van der Waals surface area contributed by atoms with E-state index in [0.29, 0.717) is 12.1 Å². The minimum atomic E-state index is 0.463. The van der Waals surface area contributed by atoms with E-state index in [-0.39, 0.29) is 0 Å². The zero-order valence-corrected chi connectivity index (χ0v) is 14.0. The summed E-state index contributed by atoms with van der Waals surface area (Å²) in [4.78, 5) is 9.51. The molecule has 1 aliphatic heterocycles. The number of piperazine rings is 1. The Morgan fingerprint density at radius 3 is 2.86 bits per heavy atom. The van der Waals surface area contributed by atoms with E-state index in [2.05, 4.69) is 58.8 Å². The summed E-state index contributed by atoms with van der Waals surface area (Å²) in [5, 5.41) is 3.76. The van der Waals surface area contributed by atoms with Gasteiger partial charge < -0.3 is 14.8 Å². The molecule has 2 unspecified atom stereocenters. The highest BCUT2D eigenvalue weighted by molar-refractivity contribution is 5.00. The third-order valence-electron chi connectivity index (χ3n) is 4.57. The largest absolute Gasteiger partial charge is 0.335 e. The number of imidazole rings is 1. The van der Waals surface area contributed by atoms with Crippen molar-refractivity contribution in [3.63, 3.8) is 0 Å². The molecule has 1 fully saturated rings. The van der Waals surface area contributed by atoms with Crippen LogP contribution < -0.4 is 5.32 Å². The van der Waals surface area contributed by atoms with Crippen molar-refractivity contribution < 1.29 is 0 Å². The Bertz CT molecular complexity index is 417. The first kappa shape index (κ1) is 16.5. The van der Waals surface area contributed by atoms with E-state index in [0.717, 1.165) is 39.1 Å². The van der Waals surface area contributed by atoms with E-state index in [4.69, 9.17) is 0 Å². The maximum Gasteiger partial charge on any atom is 0.110 e. The fraction of sp³-hybridized carbons (Fsp3) is 0.812. The predicted molar refractivity (Wildman–Crippen MR) is 87.6 cm³/mol. The third kappa shape index (κ3) is 4.28. The van der Waals surface area contributed by atoms with Crippen molar-refractivity contribution in [2.45, 2.75) is 45.3 Å². The molecule has 1 N–H and O–H groups in total. The lowest BCUT2D eigenvalue weighted by atomic mass is 10.00. The average molecular weight is 293 g/mol. The van der Waals surface area contributed by atoms with Crippen LogP contribution in [0.2, 0.25) is 0 Å². The van der Waals surface area contributed by atoms with Gasteiger partial charge >= 0.3 is 0 Å². The summed E-state index contributed by atoms with van der Waals surface area (Å²) in [6.45, 7) is 9.92. The van der Waals surface area contributed by atoms with Crippen molar-refractivity contribution in [2.75, 3.05) is 40.3 Å². The number of hydrogen-bond acceptors (Lipinski definition) is 4. The highest BCUT2D eigenvalue weighted by atomic mass is 15.3. The van der Waals surface area contributed by atoms with E-state index in [1.165, 1.54) is 12.2 Å². The van der Waals surface area contributed by atoms with E-state index >= 15 is 0 Å². The minimum absolute atomic E-state index is 0.463. The van der Waals surface area contributed by atoms with Crippen LogP contribution in [0.1, 0.15) is 26.1 Å². The molecule has 0 radical (unpaired) electrons. The molecule has 0 spiro atoms. The Morgan fingerprint density at radius 2 is 2.14 bits per heavy atom. The minimum Gasteiger partial charge on any atom is -0.335 e. The summed E-state index contributed by atoms with van der Waals surface area (Å²) in [7, 11) is 4.48. The highest BCUT2D eigenvalue weighted by Crippen LogP contribution is 2.14. The number of aromatic nitrogens is 2. The molecule has 0 saturated carbocycles. The van der Waals surface area contributed by atoms with Gasteiger partial charge in [-0.05, 0) is 34.0 Å². The lowest BCUT2D eigenvalue weighted by Gasteiger charge is -2.42. The summed E-state index contributed by atoms with van der Waals surface area (Å²) in [5.74, 6) is 1.20. The quantitative estimate of drug-likeness (QED) is 0.815. The van der Waals surface area contributed by atoms with Gasteiger partial charge in [0.1, 0.15) is 5.82 Å². The van der Waals surface area contributed by atoms with Gasteiger partial charge in [0, 0.05) is 57.1 Å². The second kappa shape index (κ2) is 7.92. The zero-order valence-electron chi connectivity index (χ0n) is 14.0. The van der Waals surface area contributed by atoms with Crippen LogP contribution in [-0.2, 0) is 13.0 Å². The Hall–Kier alpha value is -0.910. The van der Waals surface area contributed by atoms with Gasteiger partial charge in [0.2, 0.25) is 0 Å². The molecule has 0 aromatic carbocycles. The molecular formula is C16H31N5. The fourth-order valence-corrected chi connectivity index (χ4v) is 3.17. The molecule has 1 aromatic heterocycles. The Labute approximate surface area is 129 Å². The molecule has 5 heteroatoms. The molecule has 0 amide bonds. The van der Waals surface area contributed by atoms with Crippen molar-refractivity contribution in [3.05, 3.63) is 18.2 Å². The number of rotatable bonds is 7. The highest BCUT2D eigenvalue weighted by Gasteiger charge is 2.30. The first-order valence-corrected chi connectivity index (χ1v) is 8.27. The van der Waals surface area contributed by atoms with E-state index in [9.17, 15) is 0 Å². The van der Waals surface area contributed by atoms with Crippen LogP contribution in [0, 0.1) is 0 Å². The predicted octanol–water partition coefficient (Wildman–Crippen LogP) is 1.06. The van der Waals surface area contributed by atoms with E-state index < -0.39 is 0 Å². The molecule has 1 aromatic rings. The average Bonchev–Trinajstić information content (AvgIpc) is 2.93. The van der Waals surface area contributed by atoms with Gasteiger partial charge in [0.15, 0.2) is 0 Å². The normalized spacial score (nSPS) is 22.6. The third-order valence-corrected chi connectivity index (χ3v) is 4.57.